The van der Waals surface area contributed by atoms with Gasteiger partial charge in [0.1, 0.15) is 0 Å². The van der Waals surface area contributed by atoms with E-state index in [9.17, 15) is 0 Å². The summed E-state index contributed by atoms with van der Waals surface area (Å²) >= 11 is 0. The molecule has 1 aliphatic heterocycles. The van der Waals surface area contributed by atoms with Gasteiger partial charge in [-0.1, -0.05) is 33.6 Å². The lowest BCUT2D eigenvalue weighted by Gasteiger charge is -2.38. The first kappa shape index (κ1) is 15.3. The molecule has 0 amide bonds. The summed E-state index contributed by atoms with van der Waals surface area (Å²) in [6.07, 6.45) is 9.85. The van der Waals surface area contributed by atoms with Gasteiger partial charge in [-0.2, -0.15) is 0 Å². The maximum absolute atomic E-state index is 3.73. The Bertz CT molecular complexity index is 242. The Morgan fingerprint density at radius 2 is 1.63 bits per heavy atom. The fourth-order valence-electron chi connectivity index (χ4n) is 3.76. The van der Waals surface area contributed by atoms with Crippen LogP contribution in [0, 0.1) is 11.3 Å². The molecule has 2 heteroatoms. The zero-order valence-corrected chi connectivity index (χ0v) is 13.4. The van der Waals surface area contributed by atoms with Crippen molar-refractivity contribution in [1.29, 1.82) is 0 Å². The smallest absolute Gasteiger partial charge is 0.00670 e. The normalized spacial score (nSPS) is 24.2. The van der Waals surface area contributed by atoms with E-state index in [-0.39, 0.29) is 0 Å². The molecule has 0 atom stereocenters. The van der Waals surface area contributed by atoms with Crippen LogP contribution in [0.5, 0.6) is 0 Å². The molecule has 1 saturated carbocycles. The molecule has 0 aromatic heterocycles. The Labute approximate surface area is 120 Å². The molecule has 1 saturated heterocycles. The molecule has 2 rings (SSSR count). The molecular weight excluding hydrogens is 232 g/mol. The van der Waals surface area contributed by atoms with Crippen LogP contribution in [-0.2, 0) is 0 Å². The third-order valence-corrected chi connectivity index (χ3v) is 5.25. The Morgan fingerprint density at radius 3 is 2.21 bits per heavy atom. The van der Waals surface area contributed by atoms with Gasteiger partial charge >= 0.3 is 0 Å². The fraction of sp³-hybridized carbons (Fsp3) is 1.00. The van der Waals surface area contributed by atoms with Crippen molar-refractivity contribution in [3.05, 3.63) is 0 Å². The first-order chi connectivity index (χ1) is 9.05. The van der Waals surface area contributed by atoms with E-state index in [1.165, 1.54) is 71.1 Å². The van der Waals surface area contributed by atoms with E-state index in [4.69, 9.17) is 0 Å². The summed E-state index contributed by atoms with van der Waals surface area (Å²) in [5, 5.41) is 3.73. The number of rotatable bonds is 5. The largest absolute Gasteiger partial charge is 0.314 e. The highest BCUT2D eigenvalue weighted by Crippen LogP contribution is 2.34. The van der Waals surface area contributed by atoms with Crippen LogP contribution >= 0.6 is 0 Å². The fourth-order valence-corrected chi connectivity index (χ4v) is 3.76. The summed E-state index contributed by atoms with van der Waals surface area (Å²) in [7, 11) is 0. The average Bonchev–Trinajstić information content (AvgIpc) is 2.87. The van der Waals surface area contributed by atoms with Crippen molar-refractivity contribution in [2.45, 2.75) is 71.8 Å². The van der Waals surface area contributed by atoms with Crippen LogP contribution < -0.4 is 5.32 Å². The van der Waals surface area contributed by atoms with E-state index >= 15 is 0 Å². The average molecular weight is 266 g/mol. The third-order valence-electron chi connectivity index (χ3n) is 5.25. The number of hydrogen-bond acceptors (Lipinski definition) is 2. The van der Waals surface area contributed by atoms with Crippen LogP contribution in [0.25, 0.3) is 0 Å². The lowest BCUT2D eigenvalue weighted by atomic mass is 9.75. The SMILES string of the molecule is CC(C)(C)C1CCN(CCCNC2CCCC2)CC1. The molecule has 2 aliphatic rings. The van der Waals surface area contributed by atoms with Crippen LogP contribution in [0.4, 0.5) is 0 Å². The van der Waals surface area contributed by atoms with Gasteiger partial charge in [0.2, 0.25) is 0 Å². The molecule has 1 aliphatic carbocycles. The number of piperidine rings is 1. The van der Waals surface area contributed by atoms with Gasteiger partial charge in [-0.15, -0.1) is 0 Å². The molecule has 0 aromatic carbocycles. The second-order valence-electron chi connectivity index (χ2n) is 7.77. The van der Waals surface area contributed by atoms with Crippen molar-refractivity contribution < 1.29 is 0 Å². The quantitative estimate of drug-likeness (QED) is 0.764. The molecule has 0 radical (unpaired) electrons. The summed E-state index contributed by atoms with van der Waals surface area (Å²) in [5.41, 5.74) is 0.510. The van der Waals surface area contributed by atoms with Gasteiger partial charge in [-0.3, -0.25) is 0 Å². The second-order valence-corrected chi connectivity index (χ2v) is 7.77. The molecule has 0 bridgehead atoms. The second kappa shape index (κ2) is 7.08. The lowest BCUT2D eigenvalue weighted by molar-refractivity contribution is 0.111. The lowest BCUT2D eigenvalue weighted by Crippen LogP contribution is -2.39. The summed E-state index contributed by atoms with van der Waals surface area (Å²) in [5.74, 6) is 0.931. The van der Waals surface area contributed by atoms with E-state index in [0.29, 0.717) is 5.41 Å². The molecule has 2 nitrogen and oxygen atoms in total. The van der Waals surface area contributed by atoms with E-state index in [0.717, 1.165) is 12.0 Å². The highest BCUT2D eigenvalue weighted by molar-refractivity contribution is 4.81. The van der Waals surface area contributed by atoms with E-state index in [1.54, 1.807) is 0 Å². The highest BCUT2D eigenvalue weighted by Gasteiger charge is 2.28. The highest BCUT2D eigenvalue weighted by atomic mass is 15.1. The van der Waals surface area contributed by atoms with Crippen molar-refractivity contribution in [3.63, 3.8) is 0 Å². The minimum Gasteiger partial charge on any atom is -0.314 e. The Morgan fingerprint density at radius 1 is 1.00 bits per heavy atom. The van der Waals surface area contributed by atoms with Crippen LogP contribution in [0.3, 0.4) is 0 Å². The Hall–Kier alpha value is -0.0800. The maximum atomic E-state index is 3.73. The van der Waals surface area contributed by atoms with Crippen LogP contribution in [-0.4, -0.2) is 37.1 Å². The van der Waals surface area contributed by atoms with Gasteiger partial charge in [0.15, 0.2) is 0 Å². The van der Waals surface area contributed by atoms with Crippen molar-refractivity contribution in [3.8, 4) is 0 Å². The number of nitrogens with one attached hydrogen (secondary N) is 1. The zero-order valence-electron chi connectivity index (χ0n) is 13.4. The first-order valence-electron chi connectivity index (χ1n) is 8.51. The summed E-state index contributed by atoms with van der Waals surface area (Å²) in [6.45, 7) is 12.4. The number of nitrogens with zero attached hydrogens (tertiary/aromatic N) is 1. The van der Waals surface area contributed by atoms with Crippen molar-refractivity contribution in [2.24, 2.45) is 11.3 Å². The summed E-state index contributed by atoms with van der Waals surface area (Å²) < 4.78 is 0. The minimum atomic E-state index is 0.510. The zero-order chi connectivity index (χ0) is 13.7. The molecule has 19 heavy (non-hydrogen) atoms. The predicted molar refractivity (Wildman–Crippen MR) is 83.5 cm³/mol. The van der Waals surface area contributed by atoms with E-state index in [1.807, 2.05) is 0 Å². The minimum absolute atomic E-state index is 0.510. The third kappa shape index (κ3) is 5.07. The standard InChI is InChI=1S/C17H34N2/c1-17(2,3)15-9-13-19(14-10-15)12-6-11-18-16-7-4-5-8-16/h15-16,18H,4-14H2,1-3H3. The monoisotopic (exact) mass is 266 g/mol. The van der Waals surface area contributed by atoms with Crippen molar-refractivity contribution in [1.82, 2.24) is 10.2 Å². The predicted octanol–water partition coefficient (Wildman–Crippen LogP) is 3.67. The molecular formula is C17H34N2. The van der Waals surface area contributed by atoms with Gasteiger partial charge in [-0.25, -0.2) is 0 Å². The molecule has 0 unspecified atom stereocenters. The van der Waals surface area contributed by atoms with Gasteiger partial charge < -0.3 is 10.2 Å². The number of likely N-dealkylation sites (tertiary alicyclic amines) is 1. The maximum Gasteiger partial charge on any atom is 0.00670 e. The van der Waals surface area contributed by atoms with Gasteiger partial charge in [-0.05, 0) is 69.6 Å². The molecule has 0 aromatic rings. The van der Waals surface area contributed by atoms with Gasteiger partial charge in [0, 0.05) is 6.04 Å². The van der Waals surface area contributed by atoms with Crippen LogP contribution in [0.15, 0.2) is 0 Å². The van der Waals surface area contributed by atoms with Gasteiger partial charge in [0.25, 0.3) is 0 Å². The Balaban J connectivity index is 1.53. The molecule has 1 N–H and O–H groups in total. The van der Waals surface area contributed by atoms with Crippen molar-refractivity contribution in [2.75, 3.05) is 26.2 Å². The van der Waals surface area contributed by atoms with Crippen LogP contribution in [0.1, 0.15) is 65.7 Å². The molecule has 2 fully saturated rings. The Kier molecular flexibility index (Phi) is 5.70. The van der Waals surface area contributed by atoms with Gasteiger partial charge in [0.05, 0.1) is 0 Å². The van der Waals surface area contributed by atoms with E-state index in [2.05, 4.69) is 31.0 Å². The molecule has 1 heterocycles. The van der Waals surface area contributed by atoms with Crippen LogP contribution in [0.2, 0.25) is 0 Å². The topological polar surface area (TPSA) is 15.3 Å². The first-order valence-corrected chi connectivity index (χ1v) is 8.51. The van der Waals surface area contributed by atoms with E-state index < -0.39 is 0 Å². The summed E-state index contributed by atoms with van der Waals surface area (Å²) in [6, 6.07) is 0.839. The number of hydrogen-bond donors (Lipinski definition) is 1. The molecule has 112 valence electrons. The molecule has 0 spiro atoms. The van der Waals surface area contributed by atoms with Crippen molar-refractivity contribution >= 4 is 0 Å². The summed E-state index contributed by atoms with van der Waals surface area (Å²) in [4.78, 5) is 2.68.